The number of nitrogens with zero attached hydrogens (tertiary/aromatic N) is 6. The predicted octanol–water partition coefficient (Wildman–Crippen LogP) is 2.33. The molecule has 0 amide bonds. The van der Waals surface area contributed by atoms with Crippen molar-refractivity contribution in [2.45, 2.75) is 12.8 Å². The minimum Gasteiger partial charge on any atom is -0.366 e. The number of hydrogen-bond acceptors (Lipinski definition) is 6. The molecule has 4 heterocycles. The highest BCUT2D eigenvalue weighted by molar-refractivity contribution is 5.90. The number of fused-ring (bicyclic) bond motifs is 5. The molecule has 1 saturated heterocycles. The molecule has 1 aromatic carbocycles. The Hall–Kier alpha value is -2.80. The van der Waals surface area contributed by atoms with E-state index in [0.29, 0.717) is 0 Å². The Morgan fingerprint density at radius 3 is 2.80 bits per heavy atom. The zero-order valence-electron chi connectivity index (χ0n) is 13.9. The van der Waals surface area contributed by atoms with Crippen molar-refractivity contribution in [2.24, 2.45) is 0 Å². The molecule has 4 aromatic rings. The van der Waals surface area contributed by atoms with Crippen LogP contribution in [0.3, 0.4) is 0 Å². The fraction of sp³-hybridized carbons (Fsp3) is 0.333. The third-order valence-corrected chi connectivity index (χ3v) is 4.81. The number of benzene rings is 1. The second kappa shape index (κ2) is 5.93. The molecular weight excluding hydrogens is 314 g/mol. The van der Waals surface area contributed by atoms with Gasteiger partial charge in [-0.1, -0.05) is 12.1 Å². The second-order valence-electron chi connectivity index (χ2n) is 6.43. The monoisotopic (exact) mass is 333 g/mol. The number of para-hydroxylation sites is 2. The molecule has 1 N–H and O–H groups in total. The van der Waals surface area contributed by atoms with E-state index < -0.39 is 0 Å². The van der Waals surface area contributed by atoms with Gasteiger partial charge in [-0.05, 0) is 38.1 Å². The van der Waals surface area contributed by atoms with Gasteiger partial charge in [-0.15, -0.1) is 0 Å². The van der Waals surface area contributed by atoms with Gasteiger partial charge in [-0.2, -0.15) is 0 Å². The van der Waals surface area contributed by atoms with Crippen LogP contribution in [0.25, 0.3) is 27.8 Å². The van der Waals surface area contributed by atoms with E-state index in [2.05, 4.69) is 30.7 Å². The van der Waals surface area contributed by atoms with Gasteiger partial charge in [0.05, 0.1) is 17.2 Å². The zero-order chi connectivity index (χ0) is 16.6. The van der Waals surface area contributed by atoms with Crippen molar-refractivity contribution in [3.63, 3.8) is 0 Å². The summed E-state index contributed by atoms with van der Waals surface area (Å²) in [5.74, 6) is 0.790. The maximum atomic E-state index is 4.78. The number of rotatable bonds is 4. The highest BCUT2D eigenvalue weighted by atomic mass is 15.2. The zero-order valence-corrected chi connectivity index (χ0v) is 13.9. The summed E-state index contributed by atoms with van der Waals surface area (Å²) in [6, 6.07) is 8.10. The second-order valence-corrected chi connectivity index (χ2v) is 6.43. The van der Waals surface area contributed by atoms with E-state index in [1.165, 1.54) is 25.9 Å². The molecular formula is C18H19N7. The Bertz CT molecular complexity index is 1050. The van der Waals surface area contributed by atoms with E-state index in [9.17, 15) is 0 Å². The maximum Gasteiger partial charge on any atom is 0.182 e. The first-order valence-electron chi connectivity index (χ1n) is 8.73. The molecule has 25 heavy (non-hydrogen) atoms. The normalized spacial score (nSPS) is 15.5. The Morgan fingerprint density at radius 1 is 1.00 bits per heavy atom. The topological polar surface area (TPSA) is 71.2 Å². The van der Waals surface area contributed by atoms with Crippen molar-refractivity contribution in [1.82, 2.24) is 29.2 Å². The van der Waals surface area contributed by atoms with Crippen LogP contribution in [0.4, 0.5) is 5.82 Å². The average Bonchev–Trinajstić information content (AvgIpc) is 3.29. The summed E-state index contributed by atoms with van der Waals surface area (Å²) < 4.78 is 2.07. The Morgan fingerprint density at radius 2 is 1.88 bits per heavy atom. The van der Waals surface area contributed by atoms with Crippen molar-refractivity contribution in [3.05, 3.63) is 36.8 Å². The summed E-state index contributed by atoms with van der Waals surface area (Å²) in [6.45, 7) is 4.27. The fourth-order valence-electron chi connectivity index (χ4n) is 3.59. The number of likely N-dealkylation sites (tertiary alicyclic amines) is 1. The Kier molecular flexibility index (Phi) is 3.45. The van der Waals surface area contributed by atoms with Gasteiger partial charge in [0.15, 0.2) is 17.1 Å². The summed E-state index contributed by atoms with van der Waals surface area (Å²) in [4.78, 5) is 20.5. The van der Waals surface area contributed by atoms with Gasteiger partial charge in [0.25, 0.3) is 0 Å². The highest BCUT2D eigenvalue weighted by Crippen LogP contribution is 2.25. The lowest BCUT2D eigenvalue weighted by Gasteiger charge is -2.15. The van der Waals surface area contributed by atoms with Crippen LogP contribution in [-0.4, -0.2) is 55.4 Å². The smallest absolute Gasteiger partial charge is 0.182 e. The minimum absolute atomic E-state index is 0.766. The molecule has 1 aliphatic heterocycles. The number of aromatic nitrogens is 5. The van der Waals surface area contributed by atoms with Crippen LogP contribution in [0.5, 0.6) is 0 Å². The van der Waals surface area contributed by atoms with E-state index in [4.69, 9.17) is 9.97 Å². The number of imidazole rings is 1. The lowest BCUT2D eigenvalue weighted by Crippen LogP contribution is -2.26. The molecule has 7 nitrogen and oxygen atoms in total. The third kappa shape index (κ3) is 2.47. The molecule has 0 saturated carbocycles. The molecule has 1 aliphatic rings. The van der Waals surface area contributed by atoms with Crippen LogP contribution in [0.15, 0.2) is 36.8 Å². The van der Waals surface area contributed by atoms with Crippen molar-refractivity contribution >= 4 is 33.7 Å². The predicted molar refractivity (Wildman–Crippen MR) is 97.8 cm³/mol. The molecule has 0 aliphatic carbocycles. The molecule has 1 fully saturated rings. The average molecular weight is 333 g/mol. The third-order valence-electron chi connectivity index (χ3n) is 4.81. The van der Waals surface area contributed by atoms with Crippen molar-refractivity contribution in [2.75, 3.05) is 31.5 Å². The quantitative estimate of drug-likeness (QED) is 0.618. The van der Waals surface area contributed by atoms with Crippen molar-refractivity contribution in [1.29, 1.82) is 0 Å². The first-order valence-corrected chi connectivity index (χ1v) is 8.73. The summed E-state index contributed by atoms with van der Waals surface area (Å²) >= 11 is 0. The van der Waals surface area contributed by atoms with Gasteiger partial charge < -0.3 is 10.2 Å². The van der Waals surface area contributed by atoms with E-state index in [1.807, 2.05) is 18.2 Å². The van der Waals surface area contributed by atoms with Gasteiger partial charge in [0.1, 0.15) is 11.8 Å². The maximum absolute atomic E-state index is 4.78. The van der Waals surface area contributed by atoms with E-state index >= 15 is 0 Å². The van der Waals surface area contributed by atoms with Gasteiger partial charge in [-0.3, -0.25) is 4.40 Å². The minimum atomic E-state index is 0.766. The molecule has 0 radical (unpaired) electrons. The van der Waals surface area contributed by atoms with Crippen LogP contribution in [0.1, 0.15) is 12.8 Å². The summed E-state index contributed by atoms with van der Waals surface area (Å²) in [5, 5.41) is 3.48. The van der Waals surface area contributed by atoms with Crippen molar-refractivity contribution in [3.8, 4) is 0 Å². The molecule has 0 atom stereocenters. The van der Waals surface area contributed by atoms with Crippen LogP contribution >= 0.6 is 0 Å². The lowest BCUT2D eigenvalue weighted by atomic mass is 10.3. The first-order chi connectivity index (χ1) is 12.4. The summed E-state index contributed by atoms with van der Waals surface area (Å²) in [7, 11) is 0. The summed E-state index contributed by atoms with van der Waals surface area (Å²) in [6.07, 6.45) is 5.92. The Balaban J connectivity index is 1.61. The number of hydrogen-bond donors (Lipinski definition) is 1. The molecule has 0 spiro atoms. The largest absolute Gasteiger partial charge is 0.366 e. The molecule has 7 heteroatoms. The fourth-order valence-corrected chi connectivity index (χ4v) is 3.59. The van der Waals surface area contributed by atoms with E-state index in [1.54, 1.807) is 12.5 Å². The summed E-state index contributed by atoms with van der Waals surface area (Å²) in [5.41, 5.74) is 4.34. The molecule has 0 unspecified atom stereocenters. The molecule has 5 rings (SSSR count). The molecule has 3 aromatic heterocycles. The van der Waals surface area contributed by atoms with Crippen molar-refractivity contribution < 1.29 is 0 Å². The molecule has 126 valence electrons. The van der Waals surface area contributed by atoms with Crippen LogP contribution in [0, 0.1) is 0 Å². The van der Waals surface area contributed by atoms with Gasteiger partial charge in [0.2, 0.25) is 0 Å². The number of nitrogens with one attached hydrogen (secondary N) is 1. The van der Waals surface area contributed by atoms with Crippen LogP contribution in [0.2, 0.25) is 0 Å². The van der Waals surface area contributed by atoms with Gasteiger partial charge in [0, 0.05) is 13.1 Å². The molecule has 0 bridgehead atoms. The van der Waals surface area contributed by atoms with E-state index in [-0.39, 0.29) is 0 Å². The van der Waals surface area contributed by atoms with Gasteiger partial charge in [-0.25, -0.2) is 19.9 Å². The van der Waals surface area contributed by atoms with E-state index in [0.717, 1.165) is 46.8 Å². The van der Waals surface area contributed by atoms with Crippen LogP contribution < -0.4 is 5.32 Å². The SMILES string of the molecule is c1ccc2c(c1)nc1c(NCCN3CCCC3)nc3cncnc3n12. The Labute approximate surface area is 144 Å². The standard InChI is InChI=1S/C18H19N7/c1-2-6-15-13(5-1)23-18-16(20-7-10-24-8-3-4-9-24)22-14-11-19-12-21-17(14)25(15)18/h1-2,5-6,11-12H,3-4,7-10H2,(H,20,22). The van der Waals surface area contributed by atoms with Crippen LogP contribution in [-0.2, 0) is 0 Å². The first kappa shape index (κ1) is 14.5. The van der Waals surface area contributed by atoms with Gasteiger partial charge >= 0.3 is 0 Å². The highest BCUT2D eigenvalue weighted by Gasteiger charge is 2.15. The lowest BCUT2D eigenvalue weighted by molar-refractivity contribution is 0.352. The number of anilines is 1.